The number of amides is 1. The van der Waals surface area contributed by atoms with E-state index < -0.39 is 11.5 Å². The standard InChI is InChI=1S/C30H32F2N6O3/c1-21-2-4-22(5-3-21)27(39)36-14-10-29(41,11-15-36)19-37-20-33-26-25(28(37)40)18-34-38(26)24-8-6-23(7-9-24)35-16-12-30(31,32)13-17-35/h2-9,18,20,41H,10-17,19H2,1H3. The zero-order valence-corrected chi connectivity index (χ0v) is 22.8. The molecule has 0 bridgehead atoms. The van der Waals surface area contributed by atoms with Crippen LogP contribution in [0.15, 0.2) is 65.8 Å². The molecule has 2 aliphatic heterocycles. The topological polar surface area (TPSA) is 96.5 Å². The number of benzene rings is 2. The maximum absolute atomic E-state index is 13.5. The molecule has 0 unspecified atom stereocenters. The number of anilines is 1. The quantitative estimate of drug-likeness (QED) is 0.398. The minimum absolute atomic E-state index is 0.0646. The van der Waals surface area contributed by atoms with Gasteiger partial charge in [0.15, 0.2) is 5.65 Å². The maximum Gasteiger partial charge on any atom is 0.264 e. The highest BCUT2D eigenvalue weighted by molar-refractivity contribution is 5.94. The van der Waals surface area contributed by atoms with Crippen molar-refractivity contribution in [1.82, 2.24) is 24.2 Å². The van der Waals surface area contributed by atoms with Crippen molar-refractivity contribution in [3.05, 3.63) is 82.5 Å². The van der Waals surface area contributed by atoms with Gasteiger partial charge in [-0.15, -0.1) is 0 Å². The lowest BCUT2D eigenvalue weighted by Crippen LogP contribution is -2.49. The van der Waals surface area contributed by atoms with E-state index in [-0.39, 0.29) is 30.9 Å². The zero-order chi connectivity index (χ0) is 28.8. The molecule has 2 aromatic carbocycles. The van der Waals surface area contributed by atoms with Crippen LogP contribution in [0.5, 0.6) is 0 Å². The first kappa shape index (κ1) is 27.1. The second-order valence-corrected chi connectivity index (χ2v) is 11.2. The van der Waals surface area contributed by atoms with E-state index in [0.717, 1.165) is 11.3 Å². The summed E-state index contributed by atoms with van der Waals surface area (Å²) in [5.74, 6) is -2.67. The van der Waals surface area contributed by atoms with Crippen LogP contribution in [0, 0.1) is 6.92 Å². The summed E-state index contributed by atoms with van der Waals surface area (Å²) in [5.41, 5.74) is 2.19. The molecule has 11 heteroatoms. The third-order valence-corrected chi connectivity index (χ3v) is 8.25. The van der Waals surface area contributed by atoms with Gasteiger partial charge in [0.25, 0.3) is 17.4 Å². The van der Waals surface area contributed by atoms with Crippen LogP contribution in [0.1, 0.15) is 41.6 Å². The summed E-state index contributed by atoms with van der Waals surface area (Å²) in [6.45, 7) is 3.41. The first-order chi connectivity index (χ1) is 19.6. The Balaban J connectivity index is 1.14. The summed E-state index contributed by atoms with van der Waals surface area (Å²) in [7, 11) is 0. The predicted octanol–water partition coefficient (Wildman–Crippen LogP) is 3.79. The van der Waals surface area contributed by atoms with Crippen LogP contribution < -0.4 is 10.5 Å². The van der Waals surface area contributed by atoms with Gasteiger partial charge in [-0.2, -0.15) is 5.10 Å². The lowest BCUT2D eigenvalue weighted by atomic mass is 9.91. The number of carbonyl (C=O) groups is 1. The molecule has 2 aromatic heterocycles. The highest BCUT2D eigenvalue weighted by Gasteiger charge is 2.36. The van der Waals surface area contributed by atoms with Crippen molar-refractivity contribution in [3.63, 3.8) is 0 Å². The number of carbonyl (C=O) groups excluding carboxylic acids is 1. The Morgan fingerprint density at radius 1 is 0.927 bits per heavy atom. The highest BCUT2D eigenvalue weighted by atomic mass is 19.3. The number of piperidine rings is 2. The number of likely N-dealkylation sites (tertiary alicyclic amines) is 1. The molecular weight excluding hydrogens is 530 g/mol. The average Bonchev–Trinajstić information content (AvgIpc) is 3.40. The molecular formula is C30H32F2N6O3. The summed E-state index contributed by atoms with van der Waals surface area (Å²) >= 11 is 0. The van der Waals surface area contributed by atoms with Crippen molar-refractivity contribution in [1.29, 1.82) is 0 Å². The first-order valence-electron chi connectivity index (χ1n) is 13.9. The fourth-order valence-electron chi connectivity index (χ4n) is 5.63. The van der Waals surface area contributed by atoms with Gasteiger partial charge in [-0.25, -0.2) is 18.4 Å². The van der Waals surface area contributed by atoms with E-state index in [2.05, 4.69) is 10.1 Å². The zero-order valence-electron chi connectivity index (χ0n) is 22.8. The fourth-order valence-corrected chi connectivity index (χ4v) is 5.63. The molecule has 4 heterocycles. The number of aryl methyl sites for hydroxylation is 1. The number of nitrogens with zero attached hydrogens (tertiary/aromatic N) is 6. The van der Waals surface area contributed by atoms with Gasteiger partial charge in [0.1, 0.15) is 11.7 Å². The Bertz CT molecular complexity index is 1610. The van der Waals surface area contributed by atoms with E-state index in [1.54, 1.807) is 9.58 Å². The Labute approximate surface area is 235 Å². The lowest BCUT2D eigenvalue weighted by Gasteiger charge is -2.38. The number of fused-ring (bicyclic) bond motifs is 1. The largest absolute Gasteiger partial charge is 0.388 e. The number of alkyl halides is 2. The van der Waals surface area contributed by atoms with E-state index >= 15 is 0 Å². The van der Waals surface area contributed by atoms with Crippen molar-refractivity contribution in [2.24, 2.45) is 0 Å². The molecule has 2 saturated heterocycles. The van der Waals surface area contributed by atoms with Gasteiger partial charge in [0.05, 0.1) is 24.0 Å². The molecule has 1 amide bonds. The summed E-state index contributed by atoms with van der Waals surface area (Å²) in [4.78, 5) is 34.3. The Morgan fingerprint density at radius 2 is 1.56 bits per heavy atom. The molecule has 6 rings (SSSR count). The number of rotatable bonds is 5. The molecule has 41 heavy (non-hydrogen) atoms. The van der Waals surface area contributed by atoms with E-state index in [4.69, 9.17) is 0 Å². The molecule has 0 spiro atoms. The van der Waals surface area contributed by atoms with Gasteiger partial charge in [-0.3, -0.25) is 14.2 Å². The van der Waals surface area contributed by atoms with E-state index in [9.17, 15) is 23.5 Å². The minimum atomic E-state index is -2.60. The number of hydrogen-bond acceptors (Lipinski definition) is 6. The number of hydrogen-bond donors (Lipinski definition) is 1. The molecule has 0 saturated carbocycles. The van der Waals surface area contributed by atoms with Gasteiger partial charge >= 0.3 is 0 Å². The van der Waals surface area contributed by atoms with Gasteiger partial charge in [0.2, 0.25) is 0 Å². The number of aliphatic hydroxyl groups is 1. The number of aromatic nitrogens is 4. The Kier molecular flexibility index (Phi) is 6.85. The third-order valence-electron chi connectivity index (χ3n) is 8.25. The molecule has 4 aromatic rings. The van der Waals surface area contributed by atoms with Crippen LogP contribution in [0.25, 0.3) is 16.7 Å². The molecule has 214 valence electrons. The third kappa shape index (κ3) is 5.46. The van der Waals surface area contributed by atoms with Crippen molar-refractivity contribution in [2.75, 3.05) is 31.1 Å². The smallest absolute Gasteiger partial charge is 0.264 e. The fraction of sp³-hybridized carbons (Fsp3) is 0.400. The Hall–Kier alpha value is -4.12. The Morgan fingerprint density at radius 3 is 2.22 bits per heavy atom. The molecule has 2 aliphatic rings. The van der Waals surface area contributed by atoms with Crippen molar-refractivity contribution in [3.8, 4) is 5.69 Å². The molecule has 1 N–H and O–H groups in total. The van der Waals surface area contributed by atoms with E-state index in [0.29, 0.717) is 61.3 Å². The van der Waals surface area contributed by atoms with Crippen LogP contribution in [0.3, 0.4) is 0 Å². The van der Waals surface area contributed by atoms with Crippen LogP contribution in [0.2, 0.25) is 0 Å². The normalized spacial score (nSPS) is 18.5. The van der Waals surface area contributed by atoms with Crippen LogP contribution in [0.4, 0.5) is 14.5 Å². The van der Waals surface area contributed by atoms with Crippen LogP contribution in [-0.4, -0.2) is 72.9 Å². The molecule has 0 aliphatic carbocycles. The highest BCUT2D eigenvalue weighted by Crippen LogP contribution is 2.31. The monoisotopic (exact) mass is 562 g/mol. The van der Waals surface area contributed by atoms with Crippen molar-refractivity contribution < 1.29 is 18.7 Å². The van der Waals surface area contributed by atoms with Gasteiger partial charge in [0, 0.05) is 50.3 Å². The van der Waals surface area contributed by atoms with E-state index in [1.807, 2.05) is 60.4 Å². The lowest BCUT2D eigenvalue weighted by molar-refractivity contribution is -0.0300. The van der Waals surface area contributed by atoms with Crippen LogP contribution >= 0.6 is 0 Å². The molecule has 2 fully saturated rings. The van der Waals surface area contributed by atoms with Gasteiger partial charge in [-0.1, -0.05) is 17.7 Å². The molecule has 0 atom stereocenters. The molecule has 9 nitrogen and oxygen atoms in total. The first-order valence-corrected chi connectivity index (χ1v) is 13.9. The molecule has 0 radical (unpaired) electrons. The predicted molar refractivity (Wildman–Crippen MR) is 151 cm³/mol. The summed E-state index contributed by atoms with van der Waals surface area (Å²) in [6.07, 6.45) is 3.26. The SMILES string of the molecule is Cc1ccc(C(=O)N2CCC(O)(Cn3cnc4c(cnn4-c4ccc(N5CCC(F)(F)CC5)cc4)c3=O)CC2)cc1. The second-order valence-electron chi connectivity index (χ2n) is 11.2. The van der Waals surface area contributed by atoms with Gasteiger partial charge < -0.3 is 14.9 Å². The summed E-state index contributed by atoms with van der Waals surface area (Å²) in [5, 5.41) is 16.0. The number of halogens is 2. The van der Waals surface area contributed by atoms with Crippen LogP contribution in [-0.2, 0) is 6.54 Å². The van der Waals surface area contributed by atoms with Gasteiger partial charge in [-0.05, 0) is 56.2 Å². The second kappa shape index (κ2) is 10.4. The minimum Gasteiger partial charge on any atom is -0.388 e. The summed E-state index contributed by atoms with van der Waals surface area (Å²) < 4.78 is 30.0. The average molecular weight is 563 g/mol. The van der Waals surface area contributed by atoms with Crippen molar-refractivity contribution >= 4 is 22.6 Å². The van der Waals surface area contributed by atoms with Crippen molar-refractivity contribution in [2.45, 2.75) is 50.7 Å². The maximum atomic E-state index is 13.5. The van der Waals surface area contributed by atoms with E-state index in [1.165, 1.54) is 17.1 Å². The summed E-state index contributed by atoms with van der Waals surface area (Å²) in [6, 6.07) is 14.8.